The summed E-state index contributed by atoms with van der Waals surface area (Å²) >= 11 is 0. The monoisotopic (exact) mass is 271 g/mol. The number of nitrogen functional groups attached to an aromatic ring is 1. The third kappa shape index (κ3) is 4.20. The van der Waals surface area contributed by atoms with Crippen LogP contribution in [0.1, 0.15) is 23.7 Å². The Hall–Kier alpha value is -2.18. The molecule has 0 unspecified atom stereocenters. The lowest BCUT2D eigenvalue weighted by molar-refractivity contribution is -0.120. The van der Waals surface area contributed by atoms with Crippen LogP contribution < -0.4 is 16.4 Å². The molecule has 5 nitrogen and oxygen atoms in total. The summed E-state index contributed by atoms with van der Waals surface area (Å²) in [5.74, 6) is -3.14. The molecule has 0 atom stereocenters. The zero-order chi connectivity index (χ0) is 14.4. The number of nitrogens with two attached hydrogens (primary N) is 1. The summed E-state index contributed by atoms with van der Waals surface area (Å²) in [6.45, 7) is 2.13. The van der Waals surface area contributed by atoms with E-state index >= 15 is 0 Å². The van der Waals surface area contributed by atoms with Crippen LogP contribution in [0.15, 0.2) is 12.1 Å². The zero-order valence-electron chi connectivity index (χ0n) is 10.4. The standard InChI is InChI=1S/C12H15F2N3O2/c1-2-3-16-10(18)6-17-12(19)7-4-8(13)11(15)9(14)5-7/h4-5H,2-3,6,15H2,1H3,(H,16,18)(H,17,19). The van der Waals surface area contributed by atoms with E-state index in [-0.39, 0.29) is 18.0 Å². The normalized spacial score (nSPS) is 10.1. The van der Waals surface area contributed by atoms with Gasteiger partial charge in [0.25, 0.3) is 5.91 Å². The predicted octanol–water partition coefficient (Wildman–Crippen LogP) is 0.803. The van der Waals surface area contributed by atoms with Crippen molar-refractivity contribution in [1.82, 2.24) is 10.6 Å². The van der Waals surface area contributed by atoms with Gasteiger partial charge in [0.1, 0.15) is 17.3 Å². The van der Waals surface area contributed by atoms with Crippen LogP contribution in [0.3, 0.4) is 0 Å². The minimum atomic E-state index is -1.01. The van der Waals surface area contributed by atoms with Crippen LogP contribution in [0.25, 0.3) is 0 Å². The van der Waals surface area contributed by atoms with E-state index in [2.05, 4.69) is 10.6 Å². The van der Waals surface area contributed by atoms with Crippen molar-refractivity contribution in [1.29, 1.82) is 0 Å². The van der Waals surface area contributed by atoms with Crippen molar-refractivity contribution >= 4 is 17.5 Å². The maximum Gasteiger partial charge on any atom is 0.251 e. The van der Waals surface area contributed by atoms with Gasteiger partial charge in [-0.3, -0.25) is 9.59 Å². The van der Waals surface area contributed by atoms with Crippen molar-refractivity contribution in [3.8, 4) is 0 Å². The molecule has 7 heteroatoms. The van der Waals surface area contributed by atoms with Crippen molar-refractivity contribution in [3.05, 3.63) is 29.3 Å². The number of carbonyl (C=O) groups excluding carboxylic acids is 2. The van der Waals surface area contributed by atoms with Crippen molar-refractivity contribution < 1.29 is 18.4 Å². The van der Waals surface area contributed by atoms with Crippen LogP contribution in [-0.4, -0.2) is 24.9 Å². The molecule has 19 heavy (non-hydrogen) atoms. The molecule has 2 amide bonds. The molecule has 0 radical (unpaired) electrons. The van der Waals surface area contributed by atoms with E-state index in [9.17, 15) is 18.4 Å². The average Bonchev–Trinajstić information content (AvgIpc) is 2.39. The van der Waals surface area contributed by atoms with Gasteiger partial charge in [0.05, 0.1) is 6.54 Å². The Labute approximate surface area is 109 Å². The SMILES string of the molecule is CCCNC(=O)CNC(=O)c1cc(F)c(N)c(F)c1. The van der Waals surface area contributed by atoms with Gasteiger partial charge in [-0.1, -0.05) is 6.92 Å². The molecule has 0 aliphatic heterocycles. The average molecular weight is 271 g/mol. The minimum absolute atomic E-state index is 0.229. The highest BCUT2D eigenvalue weighted by atomic mass is 19.1. The maximum atomic E-state index is 13.1. The van der Waals surface area contributed by atoms with Gasteiger partial charge in [-0.15, -0.1) is 0 Å². The summed E-state index contributed by atoms with van der Waals surface area (Å²) in [6.07, 6.45) is 0.772. The molecule has 0 saturated carbocycles. The number of nitrogens with one attached hydrogen (secondary N) is 2. The fourth-order valence-electron chi connectivity index (χ4n) is 1.30. The highest BCUT2D eigenvalue weighted by Crippen LogP contribution is 2.16. The summed E-state index contributed by atoms with van der Waals surface area (Å²) in [5, 5.41) is 4.81. The van der Waals surface area contributed by atoms with Crippen LogP contribution in [0.4, 0.5) is 14.5 Å². The van der Waals surface area contributed by atoms with E-state index in [0.29, 0.717) is 6.54 Å². The summed E-state index contributed by atoms with van der Waals surface area (Å²) in [7, 11) is 0. The van der Waals surface area contributed by atoms with Gasteiger partial charge in [0.2, 0.25) is 5.91 Å². The van der Waals surface area contributed by atoms with E-state index in [0.717, 1.165) is 18.6 Å². The van der Waals surface area contributed by atoms with Gasteiger partial charge in [0, 0.05) is 12.1 Å². The van der Waals surface area contributed by atoms with Crippen molar-refractivity contribution in [2.75, 3.05) is 18.8 Å². The van der Waals surface area contributed by atoms with Crippen LogP contribution in [0.5, 0.6) is 0 Å². The Bertz CT molecular complexity index is 469. The molecule has 1 aromatic rings. The lowest BCUT2D eigenvalue weighted by Gasteiger charge is -2.07. The van der Waals surface area contributed by atoms with Crippen molar-refractivity contribution in [2.45, 2.75) is 13.3 Å². The molecule has 0 aromatic heterocycles. The molecular formula is C12H15F2N3O2. The number of amides is 2. The molecule has 0 aliphatic carbocycles. The first-order valence-corrected chi connectivity index (χ1v) is 5.75. The Kier molecular flexibility index (Phi) is 5.23. The number of benzene rings is 1. The van der Waals surface area contributed by atoms with E-state index in [1.165, 1.54) is 0 Å². The number of halogens is 2. The highest BCUT2D eigenvalue weighted by Gasteiger charge is 2.13. The predicted molar refractivity (Wildman–Crippen MR) is 66.4 cm³/mol. The van der Waals surface area contributed by atoms with Gasteiger partial charge in [-0.05, 0) is 18.6 Å². The molecule has 0 heterocycles. The van der Waals surface area contributed by atoms with Crippen molar-refractivity contribution in [3.63, 3.8) is 0 Å². The number of hydrogen-bond acceptors (Lipinski definition) is 3. The Morgan fingerprint density at radius 2 is 1.79 bits per heavy atom. The first-order chi connectivity index (χ1) is 8.95. The van der Waals surface area contributed by atoms with Gasteiger partial charge in [-0.2, -0.15) is 0 Å². The lowest BCUT2D eigenvalue weighted by atomic mass is 10.1. The van der Waals surface area contributed by atoms with E-state index in [1.54, 1.807) is 0 Å². The Balaban J connectivity index is 2.61. The molecule has 4 N–H and O–H groups in total. The van der Waals surface area contributed by atoms with Crippen LogP contribution in [0.2, 0.25) is 0 Å². The Morgan fingerprint density at radius 1 is 1.21 bits per heavy atom. The lowest BCUT2D eigenvalue weighted by Crippen LogP contribution is -2.37. The number of anilines is 1. The van der Waals surface area contributed by atoms with Gasteiger partial charge >= 0.3 is 0 Å². The highest BCUT2D eigenvalue weighted by molar-refractivity contribution is 5.96. The second kappa shape index (κ2) is 6.67. The quantitative estimate of drug-likeness (QED) is 0.693. The zero-order valence-corrected chi connectivity index (χ0v) is 10.4. The summed E-state index contributed by atoms with van der Waals surface area (Å²) in [6, 6.07) is 1.63. The molecule has 0 saturated heterocycles. The third-order valence-corrected chi connectivity index (χ3v) is 2.32. The fraction of sp³-hybridized carbons (Fsp3) is 0.333. The first-order valence-electron chi connectivity index (χ1n) is 5.75. The number of carbonyl (C=O) groups is 2. The molecule has 1 aromatic carbocycles. The number of rotatable bonds is 5. The largest absolute Gasteiger partial charge is 0.394 e. The second-order valence-electron chi connectivity index (χ2n) is 3.89. The van der Waals surface area contributed by atoms with E-state index in [4.69, 9.17) is 5.73 Å². The van der Waals surface area contributed by atoms with Gasteiger partial charge in [-0.25, -0.2) is 8.78 Å². The third-order valence-electron chi connectivity index (χ3n) is 2.32. The van der Waals surface area contributed by atoms with E-state index < -0.39 is 23.2 Å². The van der Waals surface area contributed by atoms with Crippen LogP contribution in [0, 0.1) is 11.6 Å². The van der Waals surface area contributed by atoms with Gasteiger partial charge < -0.3 is 16.4 Å². The summed E-state index contributed by atoms with van der Waals surface area (Å²) in [5.41, 5.74) is 4.21. The van der Waals surface area contributed by atoms with Gasteiger partial charge in [0.15, 0.2) is 0 Å². The smallest absolute Gasteiger partial charge is 0.251 e. The number of hydrogen-bond donors (Lipinski definition) is 3. The summed E-state index contributed by atoms with van der Waals surface area (Å²) in [4.78, 5) is 22.8. The molecule has 1 rings (SSSR count). The van der Waals surface area contributed by atoms with E-state index in [1.807, 2.05) is 6.92 Å². The van der Waals surface area contributed by atoms with Crippen LogP contribution >= 0.6 is 0 Å². The Morgan fingerprint density at radius 3 is 2.32 bits per heavy atom. The van der Waals surface area contributed by atoms with Crippen LogP contribution in [-0.2, 0) is 4.79 Å². The maximum absolute atomic E-state index is 13.1. The minimum Gasteiger partial charge on any atom is -0.394 e. The van der Waals surface area contributed by atoms with Crippen molar-refractivity contribution in [2.24, 2.45) is 0 Å². The second-order valence-corrected chi connectivity index (χ2v) is 3.89. The molecular weight excluding hydrogens is 256 g/mol. The molecule has 0 aliphatic rings. The molecule has 0 fully saturated rings. The topological polar surface area (TPSA) is 84.2 Å². The molecule has 0 spiro atoms. The first kappa shape index (κ1) is 14.9. The fourth-order valence-corrected chi connectivity index (χ4v) is 1.30. The molecule has 104 valence electrons. The molecule has 0 bridgehead atoms. The summed E-state index contributed by atoms with van der Waals surface area (Å²) < 4.78 is 26.3.